The fraction of sp³-hybridized carbons (Fsp3) is 0.308. The lowest BCUT2D eigenvalue weighted by Crippen LogP contribution is -2.15. The van der Waals surface area contributed by atoms with Crippen molar-refractivity contribution in [1.82, 2.24) is 4.98 Å². The normalized spacial score (nSPS) is 10.9. The van der Waals surface area contributed by atoms with E-state index in [9.17, 15) is 0 Å². The predicted octanol–water partition coefficient (Wildman–Crippen LogP) is 2.72. The van der Waals surface area contributed by atoms with E-state index >= 15 is 0 Å². The highest BCUT2D eigenvalue weighted by atomic mass is 35.5. The summed E-state index contributed by atoms with van der Waals surface area (Å²) < 4.78 is 0. The molecule has 0 aliphatic rings. The maximum absolute atomic E-state index is 6.19. The molecule has 2 rings (SSSR count). The maximum Gasteiger partial charge on any atom is 0.0912 e. The van der Waals surface area contributed by atoms with Gasteiger partial charge in [-0.25, -0.2) is 0 Å². The van der Waals surface area contributed by atoms with Gasteiger partial charge in [-0.05, 0) is 13.0 Å². The molecule has 2 aromatic rings. The van der Waals surface area contributed by atoms with Gasteiger partial charge >= 0.3 is 0 Å². The number of fused-ring (bicyclic) bond motifs is 1. The van der Waals surface area contributed by atoms with Crippen LogP contribution >= 0.6 is 11.6 Å². The van der Waals surface area contributed by atoms with E-state index in [1.165, 1.54) is 0 Å². The number of nitrogens with zero attached hydrogens (tertiary/aromatic N) is 2. The van der Waals surface area contributed by atoms with Gasteiger partial charge in [0.1, 0.15) is 0 Å². The lowest BCUT2D eigenvalue weighted by molar-refractivity contribution is 0.993. The number of halogens is 1. The van der Waals surface area contributed by atoms with E-state index in [0.717, 1.165) is 27.8 Å². The zero-order chi connectivity index (χ0) is 12.6. The highest BCUT2D eigenvalue weighted by Gasteiger charge is 2.14. The number of anilines is 1. The van der Waals surface area contributed by atoms with Crippen LogP contribution in [0.15, 0.2) is 18.2 Å². The molecule has 90 valence electrons. The van der Waals surface area contributed by atoms with Crippen LogP contribution in [0.25, 0.3) is 10.9 Å². The van der Waals surface area contributed by atoms with E-state index in [1.807, 2.05) is 39.2 Å². The van der Waals surface area contributed by atoms with Crippen molar-refractivity contribution in [2.75, 3.05) is 19.0 Å². The molecule has 0 spiro atoms. The average Bonchev–Trinajstić information content (AvgIpc) is 2.28. The van der Waals surface area contributed by atoms with E-state index in [0.29, 0.717) is 11.6 Å². The molecule has 2 N–H and O–H groups in total. The first-order chi connectivity index (χ1) is 8.06. The van der Waals surface area contributed by atoms with Gasteiger partial charge in [0.05, 0.1) is 16.2 Å². The minimum Gasteiger partial charge on any atom is -0.377 e. The molecule has 1 aromatic heterocycles. The molecule has 0 radical (unpaired) electrons. The Morgan fingerprint density at radius 3 is 2.65 bits per heavy atom. The SMILES string of the molecule is Cc1nc2c(Cl)cccc2c(N(C)C)c1CN. The monoisotopic (exact) mass is 249 g/mol. The van der Waals surface area contributed by atoms with Crippen LogP contribution < -0.4 is 10.6 Å². The van der Waals surface area contributed by atoms with E-state index in [2.05, 4.69) is 9.88 Å². The summed E-state index contributed by atoms with van der Waals surface area (Å²) in [6.07, 6.45) is 0. The third-order valence-corrected chi connectivity index (χ3v) is 3.20. The molecule has 0 saturated carbocycles. The Morgan fingerprint density at radius 1 is 1.35 bits per heavy atom. The summed E-state index contributed by atoms with van der Waals surface area (Å²) in [4.78, 5) is 6.62. The zero-order valence-corrected chi connectivity index (χ0v) is 11.0. The van der Waals surface area contributed by atoms with Gasteiger partial charge in [0.15, 0.2) is 0 Å². The smallest absolute Gasteiger partial charge is 0.0912 e. The van der Waals surface area contributed by atoms with Crippen LogP contribution in [0, 0.1) is 6.92 Å². The fourth-order valence-electron chi connectivity index (χ4n) is 2.14. The van der Waals surface area contributed by atoms with Crippen LogP contribution in [0.5, 0.6) is 0 Å². The number of hydrogen-bond acceptors (Lipinski definition) is 3. The molecule has 0 fully saturated rings. The lowest BCUT2D eigenvalue weighted by atomic mass is 10.1. The highest BCUT2D eigenvalue weighted by molar-refractivity contribution is 6.35. The number of aryl methyl sites for hydroxylation is 1. The summed E-state index contributed by atoms with van der Waals surface area (Å²) in [5.74, 6) is 0. The number of nitrogens with two attached hydrogens (primary N) is 1. The van der Waals surface area contributed by atoms with E-state index in [1.54, 1.807) is 0 Å². The molecule has 0 unspecified atom stereocenters. The topological polar surface area (TPSA) is 42.2 Å². The Hall–Kier alpha value is -1.32. The molecule has 1 heterocycles. The number of hydrogen-bond donors (Lipinski definition) is 1. The summed E-state index contributed by atoms with van der Waals surface area (Å²) in [5.41, 5.74) is 9.78. The molecule has 0 amide bonds. The molecule has 0 aliphatic carbocycles. The van der Waals surface area contributed by atoms with Gasteiger partial charge in [0.25, 0.3) is 0 Å². The quantitative estimate of drug-likeness (QED) is 0.890. The molecule has 0 aliphatic heterocycles. The van der Waals surface area contributed by atoms with Crippen LogP contribution in [0.1, 0.15) is 11.3 Å². The van der Waals surface area contributed by atoms with Gasteiger partial charge in [0.2, 0.25) is 0 Å². The molecule has 1 aromatic carbocycles. The number of benzene rings is 1. The van der Waals surface area contributed by atoms with Gasteiger partial charge in [-0.1, -0.05) is 23.7 Å². The molecular weight excluding hydrogens is 234 g/mol. The Bertz CT molecular complexity index is 564. The first-order valence-corrected chi connectivity index (χ1v) is 5.89. The standard InChI is InChI=1S/C13H16ClN3/c1-8-10(7-15)13(17(2)3)9-5-4-6-11(14)12(9)16-8/h4-6H,7,15H2,1-3H3. The molecule has 0 bridgehead atoms. The number of rotatable bonds is 2. The second-order valence-electron chi connectivity index (χ2n) is 4.26. The molecule has 4 heteroatoms. The van der Waals surface area contributed by atoms with Gasteiger partial charge in [-0.15, -0.1) is 0 Å². The van der Waals surface area contributed by atoms with Crippen molar-refractivity contribution in [3.05, 3.63) is 34.5 Å². The van der Waals surface area contributed by atoms with Gasteiger partial charge in [-0.3, -0.25) is 4.98 Å². The molecule has 0 saturated heterocycles. The lowest BCUT2D eigenvalue weighted by Gasteiger charge is -2.21. The maximum atomic E-state index is 6.19. The van der Waals surface area contributed by atoms with Crippen molar-refractivity contribution in [3.63, 3.8) is 0 Å². The van der Waals surface area contributed by atoms with Crippen molar-refractivity contribution >= 4 is 28.2 Å². The molecule has 0 atom stereocenters. The Balaban J connectivity index is 2.93. The molecule has 17 heavy (non-hydrogen) atoms. The van der Waals surface area contributed by atoms with Crippen LogP contribution in [0.3, 0.4) is 0 Å². The van der Waals surface area contributed by atoms with Crippen molar-refractivity contribution in [2.24, 2.45) is 5.73 Å². The zero-order valence-electron chi connectivity index (χ0n) is 10.3. The fourth-order valence-corrected chi connectivity index (χ4v) is 2.36. The minimum absolute atomic E-state index is 0.481. The van der Waals surface area contributed by atoms with Crippen LogP contribution in [-0.2, 0) is 6.54 Å². The van der Waals surface area contributed by atoms with Gasteiger partial charge < -0.3 is 10.6 Å². The number of aromatic nitrogens is 1. The number of para-hydroxylation sites is 1. The van der Waals surface area contributed by atoms with Gasteiger partial charge in [0, 0.05) is 37.3 Å². The second kappa shape index (κ2) is 4.51. The molecule has 3 nitrogen and oxygen atoms in total. The Morgan fingerprint density at radius 2 is 2.06 bits per heavy atom. The first kappa shape index (κ1) is 12.1. The van der Waals surface area contributed by atoms with Crippen LogP contribution in [0.2, 0.25) is 5.02 Å². The summed E-state index contributed by atoms with van der Waals surface area (Å²) in [6.45, 7) is 2.45. The van der Waals surface area contributed by atoms with Crippen molar-refractivity contribution < 1.29 is 0 Å². The largest absolute Gasteiger partial charge is 0.377 e. The Labute approximate surface area is 106 Å². The van der Waals surface area contributed by atoms with Crippen molar-refractivity contribution in [1.29, 1.82) is 0 Å². The van der Waals surface area contributed by atoms with E-state index in [4.69, 9.17) is 17.3 Å². The second-order valence-corrected chi connectivity index (χ2v) is 4.67. The predicted molar refractivity (Wildman–Crippen MR) is 73.7 cm³/mol. The highest BCUT2D eigenvalue weighted by Crippen LogP contribution is 2.33. The summed E-state index contributed by atoms with van der Waals surface area (Å²) in [7, 11) is 4.02. The van der Waals surface area contributed by atoms with Crippen molar-refractivity contribution in [3.8, 4) is 0 Å². The van der Waals surface area contributed by atoms with Crippen molar-refractivity contribution in [2.45, 2.75) is 13.5 Å². The molecular formula is C13H16ClN3. The third kappa shape index (κ3) is 1.96. The van der Waals surface area contributed by atoms with E-state index < -0.39 is 0 Å². The average molecular weight is 250 g/mol. The van der Waals surface area contributed by atoms with E-state index in [-0.39, 0.29) is 0 Å². The number of pyridine rings is 1. The third-order valence-electron chi connectivity index (χ3n) is 2.90. The van der Waals surface area contributed by atoms with Crippen LogP contribution in [-0.4, -0.2) is 19.1 Å². The minimum atomic E-state index is 0.481. The Kier molecular flexibility index (Phi) is 3.22. The van der Waals surface area contributed by atoms with Crippen LogP contribution in [0.4, 0.5) is 5.69 Å². The summed E-state index contributed by atoms with van der Waals surface area (Å²) in [5, 5.41) is 1.73. The summed E-state index contributed by atoms with van der Waals surface area (Å²) >= 11 is 6.19. The first-order valence-electron chi connectivity index (χ1n) is 5.51. The summed E-state index contributed by atoms with van der Waals surface area (Å²) in [6, 6.07) is 5.83. The van der Waals surface area contributed by atoms with Gasteiger partial charge in [-0.2, -0.15) is 0 Å².